The SMILES string of the molecule is CCOCC(O)COc1ccc([C@H](C)N)cc1C. The lowest BCUT2D eigenvalue weighted by Crippen LogP contribution is -2.23. The van der Waals surface area contributed by atoms with Crippen molar-refractivity contribution >= 4 is 0 Å². The molecule has 0 aromatic heterocycles. The fourth-order valence-electron chi connectivity index (χ4n) is 1.61. The Morgan fingerprint density at radius 2 is 2.06 bits per heavy atom. The number of ether oxygens (including phenoxy) is 2. The zero-order chi connectivity index (χ0) is 13.5. The number of hydrogen-bond acceptors (Lipinski definition) is 4. The van der Waals surface area contributed by atoms with E-state index in [1.807, 2.05) is 39.0 Å². The van der Waals surface area contributed by atoms with Crippen molar-refractivity contribution in [3.8, 4) is 5.75 Å². The van der Waals surface area contributed by atoms with Gasteiger partial charge in [-0.2, -0.15) is 0 Å². The van der Waals surface area contributed by atoms with Crippen LogP contribution in [0.2, 0.25) is 0 Å². The molecule has 2 atom stereocenters. The molecule has 0 fully saturated rings. The molecule has 0 aliphatic rings. The van der Waals surface area contributed by atoms with Crippen LogP contribution in [0.15, 0.2) is 18.2 Å². The molecule has 4 heteroatoms. The molecule has 0 aliphatic carbocycles. The van der Waals surface area contributed by atoms with E-state index in [2.05, 4.69) is 0 Å². The van der Waals surface area contributed by atoms with Crippen LogP contribution in [0.1, 0.15) is 31.0 Å². The zero-order valence-corrected chi connectivity index (χ0v) is 11.3. The Kier molecular flexibility index (Phi) is 6.12. The van der Waals surface area contributed by atoms with Gasteiger partial charge >= 0.3 is 0 Å². The molecule has 0 saturated carbocycles. The molecule has 1 aromatic carbocycles. The van der Waals surface area contributed by atoms with E-state index in [1.165, 1.54) is 0 Å². The molecule has 0 amide bonds. The van der Waals surface area contributed by atoms with E-state index in [0.29, 0.717) is 13.2 Å². The summed E-state index contributed by atoms with van der Waals surface area (Å²) in [6, 6.07) is 5.86. The number of rotatable bonds is 7. The lowest BCUT2D eigenvalue weighted by atomic mass is 10.1. The summed E-state index contributed by atoms with van der Waals surface area (Å²) in [7, 11) is 0. The lowest BCUT2D eigenvalue weighted by Gasteiger charge is -2.15. The standard InChI is InChI=1S/C14H23NO3/c1-4-17-8-13(16)9-18-14-6-5-12(11(3)15)7-10(14)2/h5-7,11,13,16H,4,8-9,15H2,1-3H3/t11-,13?/m0/s1. The van der Waals surface area contributed by atoms with Gasteiger partial charge in [-0.05, 0) is 38.0 Å². The van der Waals surface area contributed by atoms with E-state index in [-0.39, 0.29) is 12.6 Å². The van der Waals surface area contributed by atoms with Crippen LogP contribution < -0.4 is 10.5 Å². The first-order chi connectivity index (χ1) is 8.54. The van der Waals surface area contributed by atoms with Gasteiger partial charge in [0.05, 0.1) is 6.61 Å². The highest BCUT2D eigenvalue weighted by Crippen LogP contribution is 2.21. The van der Waals surface area contributed by atoms with Crippen LogP contribution in [0.25, 0.3) is 0 Å². The van der Waals surface area contributed by atoms with Crippen molar-refractivity contribution in [3.05, 3.63) is 29.3 Å². The summed E-state index contributed by atoms with van der Waals surface area (Å²) in [5, 5.41) is 9.61. The van der Waals surface area contributed by atoms with E-state index in [4.69, 9.17) is 15.2 Å². The predicted octanol–water partition coefficient (Wildman–Crippen LogP) is 1.79. The van der Waals surface area contributed by atoms with Gasteiger partial charge in [0, 0.05) is 12.6 Å². The largest absolute Gasteiger partial charge is 0.491 e. The summed E-state index contributed by atoms with van der Waals surface area (Å²) in [6.45, 7) is 6.94. The lowest BCUT2D eigenvalue weighted by molar-refractivity contribution is 0.0163. The van der Waals surface area contributed by atoms with Crippen molar-refractivity contribution in [3.63, 3.8) is 0 Å². The van der Waals surface area contributed by atoms with Crippen LogP contribution in [0.4, 0.5) is 0 Å². The smallest absolute Gasteiger partial charge is 0.122 e. The van der Waals surface area contributed by atoms with Crippen molar-refractivity contribution in [2.75, 3.05) is 19.8 Å². The monoisotopic (exact) mass is 253 g/mol. The number of aliphatic hydroxyl groups excluding tert-OH is 1. The molecule has 0 bridgehead atoms. The molecule has 1 unspecified atom stereocenters. The first-order valence-corrected chi connectivity index (χ1v) is 6.29. The Morgan fingerprint density at radius 1 is 1.33 bits per heavy atom. The number of aliphatic hydroxyl groups is 1. The topological polar surface area (TPSA) is 64.7 Å². The molecular weight excluding hydrogens is 230 g/mol. The zero-order valence-electron chi connectivity index (χ0n) is 11.3. The average molecular weight is 253 g/mol. The molecule has 1 rings (SSSR count). The number of hydrogen-bond donors (Lipinski definition) is 2. The molecule has 0 radical (unpaired) electrons. The number of aryl methyl sites for hydroxylation is 1. The second kappa shape index (κ2) is 7.36. The van der Waals surface area contributed by atoms with Crippen LogP contribution in [0.3, 0.4) is 0 Å². The third-order valence-corrected chi connectivity index (χ3v) is 2.67. The molecule has 0 saturated heterocycles. The van der Waals surface area contributed by atoms with Gasteiger partial charge in [0.25, 0.3) is 0 Å². The maximum Gasteiger partial charge on any atom is 0.122 e. The van der Waals surface area contributed by atoms with Gasteiger partial charge in [-0.15, -0.1) is 0 Å². The van der Waals surface area contributed by atoms with Crippen molar-refractivity contribution in [1.82, 2.24) is 0 Å². The van der Waals surface area contributed by atoms with Crippen molar-refractivity contribution in [2.45, 2.75) is 32.9 Å². The summed E-state index contributed by atoms with van der Waals surface area (Å²) in [5.74, 6) is 0.773. The van der Waals surface area contributed by atoms with E-state index in [1.54, 1.807) is 0 Å². The molecule has 0 aliphatic heterocycles. The fourth-order valence-corrected chi connectivity index (χ4v) is 1.61. The second-order valence-corrected chi connectivity index (χ2v) is 4.44. The van der Waals surface area contributed by atoms with E-state index in [9.17, 15) is 5.11 Å². The van der Waals surface area contributed by atoms with Gasteiger partial charge in [-0.3, -0.25) is 0 Å². The summed E-state index contributed by atoms with van der Waals surface area (Å²) >= 11 is 0. The van der Waals surface area contributed by atoms with E-state index < -0.39 is 6.10 Å². The van der Waals surface area contributed by atoms with Crippen LogP contribution >= 0.6 is 0 Å². The van der Waals surface area contributed by atoms with Crippen LogP contribution in [0, 0.1) is 6.92 Å². The van der Waals surface area contributed by atoms with E-state index >= 15 is 0 Å². The minimum atomic E-state index is -0.600. The van der Waals surface area contributed by atoms with Gasteiger partial charge in [-0.1, -0.05) is 12.1 Å². The van der Waals surface area contributed by atoms with Crippen LogP contribution in [-0.2, 0) is 4.74 Å². The summed E-state index contributed by atoms with van der Waals surface area (Å²) < 4.78 is 10.7. The highest BCUT2D eigenvalue weighted by molar-refractivity contribution is 5.37. The molecular formula is C14H23NO3. The highest BCUT2D eigenvalue weighted by atomic mass is 16.5. The second-order valence-electron chi connectivity index (χ2n) is 4.44. The minimum absolute atomic E-state index is 0.0151. The van der Waals surface area contributed by atoms with Crippen LogP contribution in [0.5, 0.6) is 5.75 Å². The molecule has 0 spiro atoms. The molecule has 0 heterocycles. The third kappa shape index (κ3) is 4.64. The summed E-state index contributed by atoms with van der Waals surface area (Å²) in [5.41, 5.74) is 7.91. The fraction of sp³-hybridized carbons (Fsp3) is 0.571. The Labute approximate surface area is 109 Å². The number of benzene rings is 1. The van der Waals surface area contributed by atoms with Gasteiger partial charge in [0.15, 0.2) is 0 Å². The van der Waals surface area contributed by atoms with Gasteiger partial charge in [0.1, 0.15) is 18.5 Å². The Hall–Kier alpha value is -1.10. The Bertz CT molecular complexity index is 366. The van der Waals surface area contributed by atoms with E-state index in [0.717, 1.165) is 16.9 Å². The Balaban J connectivity index is 2.52. The average Bonchev–Trinajstić information content (AvgIpc) is 2.34. The van der Waals surface area contributed by atoms with Gasteiger partial charge in [0.2, 0.25) is 0 Å². The van der Waals surface area contributed by atoms with Gasteiger partial charge in [-0.25, -0.2) is 0 Å². The van der Waals surface area contributed by atoms with Gasteiger partial charge < -0.3 is 20.3 Å². The predicted molar refractivity (Wildman–Crippen MR) is 71.8 cm³/mol. The van der Waals surface area contributed by atoms with Crippen molar-refractivity contribution in [1.29, 1.82) is 0 Å². The molecule has 102 valence electrons. The third-order valence-electron chi connectivity index (χ3n) is 2.67. The van der Waals surface area contributed by atoms with Crippen molar-refractivity contribution in [2.24, 2.45) is 5.73 Å². The van der Waals surface area contributed by atoms with Crippen LogP contribution in [-0.4, -0.2) is 31.0 Å². The molecule has 3 N–H and O–H groups in total. The Morgan fingerprint density at radius 3 is 2.61 bits per heavy atom. The first-order valence-electron chi connectivity index (χ1n) is 6.29. The number of nitrogens with two attached hydrogens (primary N) is 1. The molecule has 18 heavy (non-hydrogen) atoms. The van der Waals surface area contributed by atoms with Crippen molar-refractivity contribution < 1.29 is 14.6 Å². The normalized spacial score (nSPS) is 14.3. The maximum atomic E-state index is 9.61. The minimum Gasteiger partial charge on any atom is -0.491 e. The first kappa shape index (κ1) is 15.0. The molecule has 4 nitrogen and oxygen atoms in total. The maximum absolute atomic E-state index is 9.61. The summed E-state index contributed by atoms with van der Waals surface area (Å²) in [6.07, 6.45) is -0.600. The quantitative estimate of drug-likeness (QED) is 0.777. The summed E-state index contributed by atoms with van der Waals surface area (Å²) in [4.78, 5) is 0. The highest BCUT2D eigenvalue weighted by Gasteiger charge is 2.08. The molecule has 1 aromatic rings.